The summed E-state index contributed by atoms with van der Waals surface area (Å²) in [6.45, 7) is 2.77. The molecule has 0 aromatic carbocycles. The van der Waals surface area contributed by atoms with E-state index in [0.717, 1.165) is 31.8 Å². The zero-order valence-electron chi connectivity index (χ0n) is 11.5. The SMILES string of the molecule is COCCNCC1(Cc2cn(C)nn2)CCCC1. The van der Waals surface area contributed by atoms with Crippen LogP contribution < -0.4 is 5.32 Å². The van der Waals surface area contributed by atoms with Crippen LogP contribution in [0, 0.1) is 5.41 Å². The van der Waals surface area contributed by atoms with Gasteiger partial charge in [-0.05, 0) is 24.7 Å². The van der Waals surface area contributed by atoms with Gasteiger partial charge in [-0.2, -0.15) is 0 Å². The molecule has 0 amide bonds. The smallest absolute Gasteiger partial charge is 0.0833 e. The van der Waals surface area contributed by atoms with Crippen LogP contribution in [0.5, 0.6) is 0 Å². The largest absolute Gasteiger partial charge is 0.383 e. The summed E-state index contributed by atoms with van der Waals surface area (Å²) in [5.74, 6) is 0. The monoisotopic (exact) mass is 252 g/mol. The summed E-state index contributed by atoms with van der Waals surface area (Å²) in [6, 6.07) is 0. The number of rotatable bonds is 7. The van der Waals surface area contributed by atoms with Gasteiger partial charge in [-0.1, -0.05) is 18.1 Å². The van der Waals surface area contributed by atoms with Crippen LogP contribution in [-0.4, -0.2) is 41.8 Å². The number of hydrogen-bond donors (Lipinski definition) is 1. The second-order valence-corrected chi connectivity index (χ2v) is 5.44. The molecule has 1 aromatic heterocycles. The molecule has 1 aliphatic rings. The van der Waals surface area contributed by atoms with Gasteiger partial charge in [-0.15, -0.1) is 5.10 Å². The molecular formula is C13H24N4O. The van der Waals surface area contributed by atoms with E-state index < -0.39 is 0 Å². The maximum Gasteiger partial charge on any atom is 0.0833 e. The van der Waals surface area contributed by atoms with Gasteiger partial charge in [-0.25, -0.2) is 0 Å². The highest BCUT2D eigenvalue weighted by molar-refractivity contribution is 5.01. The molecule has 102 valence electrons. The van der Waals surface area contributed by atoms with Crippen molar-refractivity contribution in [3.8, 4) is 0 Å². The van der Waals surface area contributed by atoms with Gasteiger partial charge in [0.2, 0.25) is 0 Å². The molecule has 0 unspecified atom stereocenters. The first kappa shape index (κ1) is 13.5. The first-order valence-corrected chi connectivity index (χ1v) is 6.79. The maximum atomic E-state index is 5.07. The van der Waals surface area contributed by atoms with E-state index in [1.165, 1.54) is 25.7 Å². The number of ether oxygens (including phenoxy) is 1. The maximum absolute atomic E-state index is 5.07. The normalized spacial score (nSPS) is 18.3. The lowest BCUT2D eigenvalue weighted by molar-refractivity contribution is 0.189. The fourth-order valence-electron chi connectivity index (χ4n) is 2.93. The van der Waals surface area contributed by atoms with Gasteiger partial charge in [0.1, 0.15) is 0 Å². The average Bonchev–Trinajstić information content (AvgIpc) is 2.96. The van der Waals surface area contributed by atoms with Gasteiger partial charge >= 0.3 is 0 Å². The summed E-state index contributed by atoms with van der Waals surface area (Å²) < 4.78 is 6.86. The number of aromatic nitrogens is 3. The minimum absolute atomic E-state index is 0.379. The molecular weight excluding hydrogens is 228 g/mol. The fourth-order valence-corrected chi connectivity index (χ4v) is 2.93. The number of methoxy groups -OCH3 is 1. The van der Waals surface area contributed by atoms with Crippen molar-refractivity contribution < 1.29 is 4.74 Å². The molecule has 0 radical (unpaired) electrons. The van der Waals surface area contributed by atoms with Crippen LogP contribution in [0.25, 0.3) is 0 Å². The van der Waals surface area contributed by atoms with Gasteiger partial charge in [0.25, 0.3) is 0 Å². The van der Waals surface area contributed by atoms with Crippen molar-refractivity contribution in [2.24, 2.45) is 12.5 Å². The molecule has 5 nitrogen and oxygen atoms in total. The molecule has 0 aliphatic heterocycles. The van der Waals surface area contributed by atoms with Gasteiger partial charge in [0.15, 0.2) is 0 Å². The molecule has 1 aromatic rings. The Morgan fingerprint density at radius 3 is 2.83 bits per heavy atom. The Balaban J connectivity index is 1.89. The standard InChI is InChI=1S/C13H24N4O/c1-17-10-12(15-16-17)9-13(5-3-4-6-13)11-14-7-8-18-2/h10,14H,3-9,11H2,1-2H3. The molecule has 5 heteroatoms. The first-order valence-electron chi connectivity index (χ1n) is 6.79. The summed E-state index contributed by atoms with van der Waals surface area (Å²) in [6.07, 6.45) is 8.35. The van der Waals surface area contributed by atoms with Crippen molar-refractivity contribution in [3.05, 3.63) is 11.9 Å². The predicted octanol–water partition coefficient (Wildman–Crippen LogP) is 1.15. The van der Waals surface area contributed by atoms with E-state index in [9.17, 15) is 0 Å². The summed E-state index contributed by atoms with van der Waals surface area (Å²) in [5.41, 5.74) is 1.50. The molecule has 0 atom stereocenters. The minimum atomic E-state index is 0.379. The van der Waals surface area contributed by atoms with Crippen molar-refractivity contribution in [2.45, 2.75) is 32.1 Å². The molecule has 1 N–H and O–H groups in total. The number of hydrogen-bond acceptors (Lipinski definition) is 4. The topological polar surface area (TPSA) is 52.0 Å². The Morgan fingerprint density at radius 2 is 2.22 bits per heavy atom. The molecule has 18 heavy (non-hydrogen) atoms. The van der Waals surface area contributed by atoms with E-state index in [1.54, 1.807) is 11.8 Å². The highest BCUT2D eigenvalue weighted by Crippen LogP contribution is 2.40. The minimum Gasteiger partial charge on any atom is -0.383 e. The summed E-state index contributed by atoms with van der Waals surface area (Å²) in [7, 11) is 3.67. The van der Waals surface area contributed by atoms with E-state index in [1.807, 2.05) is 13.2 Å². The van der Waals surface area contributed by atoms with Gasteiger partial charge in [0, 0.05) is 33.4 Å². The van der Waals surface area contributed by atoms with Gasteiger partial charge in [0.05, 0.1) is 12.3 Å². The van der Waals surface area contributed by atoms with Gasteiger partial charge < -0.3 is 10.1 Å². The van der Waals surface area contributed by atoms with Crippen LogP contribution in [-0.2, 0) is 18.2 Å². The lowest BCUT2D eigenvalue weighted by Crippen LogP contribution is -2.35. The van der Waals surface area contributed by atoms with E-state index >= 15 is 0 Å². The Bertz CT molecular complexity index is 358. The Kier molecular flexibility index (Phi) is 4.72. The second kappa shape index (κ2) is 6.29. The molecule has 0 spiro atoms. The highest BCUT2D eigenvalue weighted by atomic mass is 16.5. The fraction of sp³-hybridized carbons (Fsp3) is 0.846. The number of nitrogens with zero attached hydrogens (tertiary/aromatic N) is 3. The molecule has 0 bridgehead atoms. The molecule has 1 heterocycles. The van der Waals surface area contributed by atoms with Crippen LogP contribution in [0.4, 0.5) is 0 Å². The third-order valence-electron chi connectivity index (χ3n) is 3.85. The third-order valence-corrected chi connectivity index (χ3v) is 3.85. The summed E-state index contributed by atoms with van der Waals surface area (Å²) >= 11 is 0. The van der Waals surface area contributed by atoms with E-state index in [0.29, 0.717) is 5.41 Å². The van der Waals surface area contributed by atoms with Crippen LogP contribution in [0.1, 0.15) is 31.4 Å². The summed E-state index contributed by atoms with van der Waals surface area (Å²) in [4.78, 5) is 0. The number of nitrogens with one attached hydrogen (secondary N) is 1. The van der Waals surface area contributed by atoms with Crippen molar-refractivity contribution in [1.29, 1.82) is 0 Å². The zero-order chi connectivity index (χ0) is 12.8. The average molecular weight is 252 g/mol. The second-order valence-electron chi connectivity index (χ2n) is 5.44. The van der Waals surface area contributed by atoms with E-state index in [2.05, 4.69) is 15.6 Å². The third kappa shape index (κ3) is 3.53. The lowest BCUT2D eigenvalue weighted by Gasteiger charge is -2.28. The first-order chi connectivity index (χ1) is 8.74. The molecule has 1 saturated carbocycles. The molecule has 2 rings (SSSR count). The van der Waals surface area contributed by atoms with Crippen molar-refractivity contribution in [2.75, 3.05) is 26.8 Å². The number of aryl methyl sites for hydroxylation is 1. The quantitative estimate of drug-likeness (QED) is 0.740. The lowest BCUT2D eigenvalue weighted by atomic mass is 9.81. The van der Waals surface area contributed by atoms with E-state index in [4.69, 9.17) is 4.74 Å². The Labute approximate surface area is 109 Å². The van der Waals surface area contributed by atoms with Crippen molar-refractivity contribution >= 4 is 0 Å². The van der Waals surface area contributed by atoms with Crippen LogP contribution >= 0.6 is 0 Å². The zero-order valence-corrected chi connectivity index (χ0v) is 11.5. The predicted molar refractivity (Wildman–Crippen MR) is 70.4 cm³/mol. The Hall–Kier alpha value is -0.940. The van der Waals surface area contributed by atoms with Crippen LogP contribution in [0.3, 0.4) is 0 Å². The highest BCUT2D eigenvalue weighted by Gasteiger charge is 2.34. The van der Waals surface area contributed by atoms with Gasteiger partial charge in [-0.3, -0.25) is 4.68 Å². The summed E-state index contributed by atoms with van der Waals surface area (Å²) in [5, 5.41) is 11.8. The van der Waals surface area contributed by atoms with Crippen LogP contribution in [0.2, 0.25) is 0 Å². The molecule has 1 fully saturated rings. The Morgan fingerprint density at radius 1 is 1.44 bits per heavy atom. The van der Waals surface area contributed by atoms with Crippen LogP contribution in [0.15, 0.2) is 6.20 Å². The van der Waals surface area contributed by atoms with Crippen molar-refractivity contribution in [1.82, 2.24) is 20.3 Å². The molecule has 0 saturated heterocycles. The molecule has 1 aliphatic carbocycles. The van der Waals surface area contributed by atoms with Crippen molar-refractivity contribution in [3.63, 3.8) is 0 Å². The van der Waals surface area contributed by atoms with E-state index in [-0.39, 0.29) is 0 Å².